The Morgan fingerprint density at radius 2 is 1.94 bits per heavy atom. The monoisotopic (exact) mass is 420 g/mol. The summed E-state index contributed by atoms with van der Waals surface area (Å²) in [5, 5.41) is 9.41. The first kappa shape index (κ1) is 20.0. The highest BCUT2D eigenvalue weighted by Crippen LogP contribution is 2.37. The van der Waals surface area contributed by atoms with Gasteiger partial charge in [0, 0.05) is 29.3 Å². The maximum Gasteiger partial charge on any atom is 0.160 e. The zero-order valence-electron chi connectivity index (χ0n) is 18.5. The van der Waals surface area contributed by atoms with Crippen LogP contribution in [-0.4, -0.2) is 14.5 Å². The molecule has 3 heterocycles. The maximum absolute atomic E-state index is 9.41. The minimum absolute atomic E-state index is 0.476. The fourth-order valence-corrected chi connectivity index (χ4v) is 4.50. The van der Waals surface area contributed by atoms with E-state index in [1.807, 2.05) is 25.1 Å². The number of aryl methyl sites for hydroxylation is 3. The van der Waals surface area contributed by atoms with Crippen LogP contribution in [0.25, 0.3) is 16.7 Å². The van der Waals surface area contributed by atoms with Crippen molar-refractivity contribution in [1.82, 2.24) is 14.5 Å². The van der Waals surface area contributed by atoms with Crippen molar-refractivity contribution in [2.45, 2.75) is 40.3 Å². The standard InChI is InChI=1S/C27H24N4O/c1-4-25-30-26-17(2)13-18(3)29-27(26)31(25)15-19-9-10-23-22(11-12-28)21-8-6-5-7-20(21)16-32-24(23)14-19/h5-11,13-14H,4,15-16H2,1-3H3. The number of hydrogen-bond acceptors (Lipinski definition) is 4. The largest absolute Gasteiger partial charge is 0.488 e. The first-order valence-electron chi connectivity index (χ1n) is 10.9. The van der Waals surface area contributed by atoms with E-state index >= 15 is 0 Å². The first-order valence-corrected chi connectivity index (χ1v) is 10.9. The van der Waals surface area contributed by atoms with E-state index in [1.165, 1.54) is 0 Å². The molecule has 0 bridgehead atoms. The summed E-state index contributed by atoms with van der Waals surface area (Å²) < 4.78 is 8.41. The summed E-state index contributed by atoms with van der Waals surface area (Å²) in [5.74, 6) is 1.82. The van der Waals surface area contributed by atoms with Crippen LogP contribution in [0.2, 0.25) is 0 Å². The number of aromatic nitrogens is 3. The number of hydrogen-bond donors (Lipinski definition) is 0. The normalized spacial score (nSPS) is 13.9. The third-order valence-corrected chi connectivity index (χ3v) is 5.99. The molecule has 0 aliphatic carbocycles. The van der Waals surface area contributed by atoms with Crippen molar-refractivity contribution in [3.63, 3.8) is 0 Å². The molecule has 5 rings (SSSR count). The molecule has 5 heteroatoms. The van der Waals surface area contributed by atoms with Crippen LogP contribution in [0, 0.1) is 25.2 Å². The van der Waals surface area contributed by atoms with Crippen LogP contribution >= 0.6 is 0 Å². The Morgan fingerprint density at radius 3 is 2.75 bits per heavy atom. The van der Waals surface area contributed by atoms with Crippen molar-refractivity contribution in [3.8, 4) is 11.8 Å². The Bertz CT molecular complexity index is 1420. The number of benzene rings is 2. The Morgan fingerprint density at radius 1 is 1.09 bits per heavy atom. The molecule has 0 atom stereocenters. The Balaban J connectivity index is 1.59. The molecule has 1 aliphatic rings. The van der Waals surface area contributed by atoms with Gasteiger partial charge in [-0.1, -0.05) is 43.3 Å². The summed E-state index contributed by atoms with van der Waals surface area (Å²) in [6.45, 7) is 7.37. The number of imidazole rings is 1. The highest BCUT2D eigenvalue weighted by atomic mass is 16.5. The minimum atomic E-state index is 0.476. The first-order chi connectivity index (χ1) is 15.6. The van der Waals surface area contributed by atoms with Crippen LogP contribution in [0.5, 0.6) is 5.75 Å². The molecule has 0 fully saturated rings. The molecule has 5 nitrogen and oxygen atoms in total. The number of rotatable bonds is 3. The van der Waals surface area contributed by atoms with E-state index in [0.717, 1.165) is 68.2 Å². The molecular weight excluding hydrogens is 396 g/mol. The molecule has 0 amide bonds. The van der Waals surface area contributed by atoms with Crippen LogP contribution in [0.15, 0.2) is 54.6 Å². The molecule has 0 spiro atoms. The Labute approximate surface area is 187 Å². The molecule has 1 aliphatic heterocycles. The number of nitrogens with zero attached hydrogens (tertiary/aromatic N) is 4. The predicted octanol–water partition coefficient (Wildman–Crippen LogP) is 5.51. The molecule has 0 N–H and O–H groups in total. The lowest BCUT2D eigenvalue weighted by molar-refractivity contribution is 0.307. The average Bonchev–Trinajstić information content (AvgIpc) is 3.06. The van der Waals surface area contributed by atoms with E-state index in [4.69, 9.17) is 14.7 Å². The van der Waals surface area contributed by atoms with Crippen LogP contribution < -0.4 is 4.74 Å². The predicted molar refractivity (Wildman–Crippen MR) is 125 cm³/mol. The van der Waals surface area contributed by atoms with Gasteiger partial charge in [0.2, 0.25) is 0 Å². The summed E-state index contributed by atoms with van der Waals surface area (Å²) in [7, 11) is 0. The van der Waals surface area contributed by atoms with Gasteiger partial charge in [-0.25, -0.2) is 9.97 Å². The lowest BCUT2D eigenvalue weighted by Gasteiger charge is -2.13. The zero-order chi connectivity index (χ0) is 22.2. The van der Waals surface area contributed by atoms with E-state index in [0.29, 0.717) is 13.2 Å². The van der Waals surface area contributed by atoms with Gasteiger partial charge >= 0.3 is 0 Å². The van der Waals surface area contributed by atoms with Crippen LogP contribution in [0.3, 0.4) is 0 Å². The zero-order valence-corrected chi connectivity index (χ0v) is 18.5. The van der Waals surface area contributed by atoms with E-state index in [-0.39, 0.29) is 0 Å². The number of pyridine rings is 1. The van der Waals surface area contributed by atoms with Crippen molar-refractivity contribution in [2.24, 2.45) is 0 Å². The summed E-state index contributed by atoms with van der Waals surface area (Å²) in [6.07, 6.45) is 2.45. The molecule has 0 saturated heterocycles. The van der Waals surface area contributed by atoms with Gasteiger partial charge in [0.15, 0.2) is 5.65 Å². The van der Waals surface area contributed by atoms with Crippen molar-refractivity contribution in [2.75, 3.05) is 0 Å². The van der Waals surface area contributed by atoms with Gasteiger partial charge in [0.25, 0.3) is 0 Å². The van der Waals surface area contributed by atoms with Crippen LogP contribution in [0.4, 0.5) is 0 Å². The van der Waals surface area contributed by atoms with Crippen LogP contribution in [-0.2, 0) is 19.6 Å². The van der Waals surface area contributed by atoms with E-state index < -0.39 is 0 Å². The fourth-order valence-electron chi connectivity index (χ4n) is 4.50. The third-order valence-electron chi connectivity index (χ3n) is 5.99. The summed E-state index contributed by atoms with van der Waals surface area (Å²) in [4.78, 5) is 9.65. The molecular formula is C27H24N4O. The molecule has 0 unspecified atom stereocenters. The van der Waals surface area contributed by atoms with Crippen molar-refractivity contribution in [3.05, 3.63) is 93.9 Å². The number of nitriles is 1. The van der Waals surface area contributed by atoms with Gasteiger partial charge in [-0.05, 0) is 48.2 Å². The van der Waals surface area contributed by atoms with Crippen molar-refractivity contribution >= 4 is 16.7 Å². The summed E-state index contributed by atoms with van der Waals surface area (Å²) in [6, 6.07) is 18.6. The maximum atomic E-state index is 9.41. The molecule has 2 aromatic carbocycles. The van der Waals surface area contributed by atoms with Crippen molar-refractivity contribution in [1.29, 1.82) is 5.26 Å². The topological polar surface area (TPSA) is 63.7 Å². The Kier molecular flexibility index (Phi) is 4.99. The van der Waals surface area contributed by atoms with E-state index in [2.05, 4.69) is 54.8 Å². The lowest BCUT2D eigenvalue weighted by Crippen LogP contribution is -2.06. The van der Waals surface area contributed by atoms with Crippen molar-refractivity contribution < 1.29 is 4.74 Å². The van der Waals surface area contributed by atoms with Gasteiger partial charge in [-0.2, -0.15) is 5.26 Å². The summed E-state index contributed by atoms with van der Waals surface area (Å²) in [5.41, 5.74) is 9.11. The summed E-state index contributed by atoms with van der Waals surface area (Å²) >= 11 is 0. The molecule has 158 valence electrons. The SMILES string of the molecule is CCc1nc2c(C)cc(C)nc2n1Cc1ccc2c(c1)OCc1ccccc1C2=CC#N. The molecule has 2 aromatic heterocycles. The highest BCUT2D eigenvalue weighted by molar-refractivity contribution is 5.86. The van der Waals surface area contributed by atoms with E-state index in [9.17, 15) is 5.26 Å². The van der Waals surface area contributed by atoms with Crippen LogP contribution in [0.1, 0.15) is 46.3 Å². The van der Waals surface area contributed by atoms with Gasteiger partial charge in [-0.3, -0.25) is 0 Å². The number of fused-ring (bicyclic) bond motifs is 3. The minimum Gasteiger partial charge on any atom is -0.488 e. The van der Waals surface area contributed by atoms with Gasteiger partial charge < -0.3 is 9.30 Å². The second-order valence-electron chi connectivity index (χ2n) is 8.18. The van der Waals surface area contributed by atoms with E-state index in [1.54, 1.807) is 6.08 Å². The number of allylic oxidation sites excluding steroid dienone is 1. The molecule has 4 aromatic rings. The second-order valence-corrected chi connectivity index (χ2v) is 8.18. The number of ether oxygens (including phenoxy) is 1. The average molecular weight is 421 g/mol. The molecule has 0 saturated carbocycles. The quantitative estimate of drug-likeness (QED) is 0.410. The lowest BCUT2D eigenvalue weighted by atomic mass is 9.93. The smallest absolute Gasteiger partial charge is 0.160 e. The fraction of sp³-hybridized carbons (Fsp3) is 0.222. The third kappa shape index (κ3) is 3.34. The molecule has 32 heavy (non-hydrogen) atoms. The second kappa shape index (κ2) is 7.97. The Hall–Kier alpha value is -3.91. The van der Waals surface area contributed by atoms with Gasteiger partial charge in [0.05, 0.1) is 12.6 Å². The van der Waals surface area contributed by atoms with Gasteiger partial charge in [-0.15, -0.1) is 0 Å². The highest BCUT2D eigenvalue weighted by Gasteiger charge is 2.20. The molecule has 0 radical (unpaired) electrons. The van der Waals surface area contributed by atoms with Gasteiger partial charge in [0.1, 0.15) is 23.7 Å².